The van der Waals surface area contributed by atoms with Crippen LogP contribution in [0.1, 0.15) is 29.8 Å². The molecule has 2 aromatic rings. The Labute approximate surface area is 238 Å². The Hall–Kier alpha value is -3.81. The molecular weight excluding hydrogens is 560 g/mol. The molecule has 1 amide bonds. The Morgan fingerprint density at radius 2 is 1.70 bits per heavy atom. The molecule has 1 fully saturated rings. The van der Waals surface area contributed by atoms with Crippen molar-refractivity contribution in [1.82, 2.24) is 4.90 Å². The van der Waals surface area contributed by atoms with Gasteiger partial charge in [0.15, 0.2) is 11.5 Å². The maximum atomic E-state index is 13.2. The number of hydrogen-bond acceptors (Lipinski definition) is 12. The van der Waals surface area contributed by atoms with Crippen molar-refractivity contribution in [1.29, 1.82) is 0 Å². The number of amides is 1. The molecule has 4 rings (SSSR count). The summed E-state index contributed by atoms with van der Waals surface area (Å²) < 4.78 is 20.8. The summed E-state index contributed by atoms with van der Waals surface area (Å²) in [5.74, 6) is -1.30. The molecule has 13 heteroatoms. The lowest BCUT2D eigenvalue weighted by atomic mass is 10.0. The molecule has 11 nitrogen and oxygen atoms in total. The number of methoxy groups -OCH3 is 1. The molecule has 0 saturated carbocycles. The number of carbonyl (C=O) groups is 5. The van der Waals surface area contributed by atoms with E-state index in [9.17, 15) is 24.0 Å². The zero-order valence-electron chi connectivity index (χ0n) is 21.8. The Morgan fingerprint density at radius 3 is 2.35 bits per heavy atom. The van der Waals surface area contributed by atoms with E-state index < -0.39 is 29.9 Å². The number of nitrogens with zero attached hydrogens (tertiary/aromatic N) is 1. The number of fused-ring (bicyclic) bond motifs is 1. The summed E-state index contributed by atoms with van der Waals surface area (Å²) >= 11 is 2.31. The van der Waals surface area contributed by atoms with Crippen LogP contribution >= 0.6 is 23.5 Å². The molecule has 2 N–H and O–H groups in total. The van der Waals surface area contributed by atoms with Crippen molar-refractivity contribution in [3.05, 3.63) is 64.9 Å². The number of β-lactam (4-membered cyclic amide) rings is 1. The summed E-state index contributed by atoms with van der Waals surface area (Å²) in [5, 5.41) is -0.777. The van der Waals surface area contributed by atoms with Crippen LogP contribution in [0.15, 0.2) is 53.7 Å². The van der Waals surface area contributed by atoms with E-state index in [-0.39, 0.29) is 45.6 Å². The smallest absolute Gasteiger partial charge is 0.355 e. The Morgan fingerprint density at radius 1 is 1.02 bits per heavy atom. The predicted octanol–water partition coefficient (Wildman–Crippen LogP) is 2.66. The van der Waals surface area contributed by atoms with E-state index in [1.807, 2.05) is 0 Å². The van der Waals surface area contributed by atoms with Crippen molar-refractivity contribution >= 4 is 52.5 Å². The van der Waals surface area contributed by atoms with E-state index in [4.69, 9.17) is 24.7 Å². The van der Waals surface area contributed by atoms with Gasteiger partial charge in [-0.1, -0.05) is 23.9 Å². The van der Waals surface area contributed by atoms with Crippen LogP contribution < -0.4 is 19.9 Å². The SMILES string of the molecule is COc1ccc(COC(=O)C2=C(CSC(=O)c3ccc(OC(C)=O)c(OC(C)=O)c3)CS[C@@H]3[C@H](N)C(=O)N23)cc1. The third-order valence-electron chi connectivity index (χ3n) is 5.88. The summed E-state index contributed by atoms with van der Waals surface area (Å²) in [7, 11) is 1.55. The highest BCUT2D eigenvalue weighted by Gasteiger charge is 2.52. The molecule has 0 bridgehead atoms. The molecular formula is C27H26N2O9S2. The number of hydrogen-bond donors (Lipinski definition) is 1. The van der Waals surface area contributed by atoms with Crippen molar-refractivity contribution in [3.8, 4) is 17.2 Å². The average molecular weight is 587 g/mol. The second-order valence-corrected chi connectivity index (χ2v) is 10.8. The Bertz CT molecular complexity index is 1390. The number of nitrogens with two attached hydrogens (primary N) is 1. The summed E-state index contributed by atoms with van der Waals surface area (Å²) in [6.07, 6.45) is 0. The van der Waals surface area contributed by atoms with Crippen LogP contribution in [0.2, 0.25) is 0 Å². The van der Waals surface area contributed by atoms with Crippen LogP contribution in [-0.2, 0) is 30.5 Å². The van der Waals surface area contributed by atoms with Crippen LogP contribution in [-0.4, -0.2) is 63.9 Å². The van der Waals surface area contributed by atoms with Gasteiger partial charge in [-0.15, -0.1) is 11.8 Å². The monoisotopic (exact) mass is 586 g/mol. The van der Waals surface area contributed by atoms with Gasteiger partial charge >= 0.3 is 17.9 Å². The van der Waals surface area contributed by atoms with Gasteiger partial charge in [-0.05, 0) is 41.5 Å². The molecule has 1 saturated heterocycles. The topological polar surface area (TPSA) is 152 Å². The molecule has 2 aliphatic rings. The summed E-state index contributed by atoms with van der Waals surface area (Å²) in [4.78, 5) is 63.0. The fourth-order valence-electron chi connectivity index (χ4n) is 3.96. The lowest BCUT2D eigenvalue weighted by molar-refractivity contribution is -0.151. The van der Waals surface area contributed by atoms with E-state index in [1.165, 1.54) is 48.7 Å². The second kappa shape index (κ2) is 12.6. The van der Waals surface area contributed by atoms with Gasteiger partial charge in [-0.2, -0.15) is 0 Å². The first kappa shape index (κ1) is 29.2. The van der Waals surface area contributed by atoms with Crippen LogP contribution in [0, 0.1) is 0 Å². The van der Waals surface area contributed by atoms with E-state index in [1.54, 1.807) is 31.4 Å². The summed E-state index contributed by atoms with van der Waals surface area (Å²) in [6.45, 7) is 2.35. The maximum absolute atomic E-state index is 13.2. The van der Waals surface area contributed by atoms with Crippen molar-refractivity contribution in [2.45, 2.75) is 31.9 Å². The number of benzene rings is 2. The normalized spacial score (nSPS) is 17.9. The molecule has 0 radical (unpaired) electrons. The maximum Gasteiger partial charge on any atom is 0.355 e. The largest absolute Gasteiger partial charge is 0.497 e. The van der Waals surface area contributed by atoms with Gasteiger partial charge in [-0.25, -0.2) is 4.79 Å². The van der Waals surface area contributed by atoms with Gasteiger partial charge in [0.25, 0.3) is 0 Å². The number of esters is 3. The molecule has 0 spiro atoms. The third kappa shape index (κ3) is 6.49. The van der Waals surface area contributed by atoms with Crippen LogP contribution in [0.25, 0.3) is 0 Å². The van der Waals surface area contributed by atoms with Gasteiger partial charge in [0.05, 0.1) is 7.11 Å². The van der Waals surface area contributed by atoms with E-state index >= 15 is 0 Å². The van der Waals surface area contributed by atoms with Gasteiger partial charge in [0.2, 0.25) is 11.0 Å². The number of rotatable bonds is 9. The molecule has 2 aliphatic heterocycles. The highest BCUT2D eigenvalue weighted by Crippen LogP contribution is 2.41. The van der Waals surface area contributed by atoms with E-state index in [0.29, 0.717) is 17.1 Å². The van der Waals surface area contributed by atoms with Gasteiger partial charge < -0.3 is 24.7 Å². The molecule has 2 atom stereocenters. The third-order valence-corrected chi connectivity index (χ3v) is 8.23. The van der Waals surface area contributed by atoms with E-state index in [0.717, 1.165) is 17.3 Å². The summed E-state index contributed by atoms with van der Waals surface area (Å²) in [5.41, 5.74) is 7.50. The number of ether oxygens (including phenoxy) is 4. The summed E-state index contributed by atoms with van der Waals surface area (Å²) in [6, 6.07) is 10.4. The lowest BCUT2D eigenvalue weighted by Crippen LogP contribution is -2.68. The van der Waals surface area contributed by atoms with Crippen LogP contribution in [0.5, 0.6) is 17.2 Å². The highest BCUT2D eigenvalue weighted by atomic mass is 32.2. The fourth-order valence-corrected chi connectivity index (χ4v) is 6.22. The molecule has 0 aromatic heterocycles. The first-order valence-corrected chi connectivity index (χ1v) is 14.0. The molecule has 2 aromatic carbocycles. The molecule has 2 heterocycles. The zero-order chi connectivity index (χ0) is 29.0. The lowest BCUT2D eigenvalue weighted by Gasteiger charge is -2.48. The van der Waals surface area contributed by atoms with Crippen molar-refractivity contribution in [2.24, 2.45) is 5.73 Å². The predicted molar refractivity (Wildman–Crippen MR) is 147 cm³/mol. The Balaban J connectivity index is 1.52. The average Bonchev–Trinajstić information content (AvgIpc) is 2.94. The molecule has 210 valence electrons. The number of carbonyl (C=O) groups excluding carboxylic acids is 5. The van der Waals surface area contributed by atoms with E-state index in [2.05, 4.69) is 0 Å². The van der Waals surface area contributed by atoms with Crippen molar-refractivity contribution in [3.63, 3.8) is 0 Å². The van der Waals surface area contributed by atoms with Crippen LogP contribution in [0.4, 0.5) is 0 Å². The second-order valence-electron chi connectivity index (χ2n) is 8.74. The quantitative estimate of drug-likeness (QED) is 0.261. The molecule has 0 unspecified atom stereocenters. The van der Waals surface area contributed by atoms with Crippen LogP contribution in [0.3, 0.4) is 0 Å². The highest BCUT2D eigenvalue weighted by molar-refractivity contribution is 8.14. The molecule has 0 aliphatic carbocycles. The van der Waals surface area contributed by atoms with Crippen molar-refractivity contribution < 1.29 is 42.9 Å². The standard InChI is InChI=1S/C27H26N2O9S2/c1-14(30)37-20-9-6-17(10-21(20)38-15(2)31)27(34)40-13-18-12-39-25-22(28)24(32)29(25)23(18)26(33)36-11-16-4-7-19(35-3)8-5-16/h4-10,22,25H,11-13,28H2,1-3H3/t22-,25-/m1/s1. The molecule has 40 heavy (non-hydrogen) atoms. The number of thioether (sulfide) groups is 2. The Kier molecular flexibility index (Phi) is 9.17. The first-order valence-electron chi connectivity index (χ1n) is 12.0. The zero-order valence-corrected chi connectivity index (χ0v) is 23.5. The minimum atomic E-state index is -0.722. The van der Waals surface area contributed by atoms with Crippen molar-refractivity contribution in [2.75, 3.05) is 18.6 Å². The van der Waals surface area contributed by atoms with Gasteiger partial charge in [0.1, 0.15) is 29.5 Å². The first-order chi connectivity index (χ1) is 19.1. The minimum Gasteiger partial charge on any atom is -0.497 e. The van der Waals surface area contributed by atoms with Gasteiger partial charge in [0, 0.05) is 30.9 Å². The fraction of sp³-hybridized carbons (Fsp3) is 0.296. The van der Waals surface area contributed by atoms with Gasteiger partial charge in [-0.3, -0.25) is 24.1 Å². The minimum absolute atomic E-state index is 0.00351.